The average molecular weight is 230 g/mol. The Morgan fingerprint density at radius 2 is 1.73 bits per heavy atom. The Morgan fingerprint density at radius 3 is 2.47 bits per heavy atom. The van der Waals surface area contributed by atoms with E-state index in [0.717, 1.165) is 17.8 Å². The van der Waals surface area contributed by atoms with E-state index in [1.54, 1.807) is 0 Å². The molecule has 0 N–H and O–H groups in total. The highest BCUT2D eigenvalue weighted by Gasteiger charge is 2.25. The summed E-state index contributed by atoms with van der Waals surface area (Å²) < 4.78 is 0. The van der Waals surface area contributed by atoms with Crippen molar-refractivity contribution in [1.29, 1.82) is 0 Å². The van der Waals surface area contributed by atoms with Crippen LogP contribution in [0, 0.1) is 5.92 Å². The van der Waals surface area contributed by atoms with Gasteiger partial charge in [0.05, 0.1) is 0 Å². The van der Waals surface area contributed by atoms with Crippen molar-refractivity contribution in [2.24, 2.45) is 5.92 Å². The van der Waals surface area contributed by atoms with Crippen LogP contribution in [0.25, 0.3) is 0 Å². The molecule has 0 amide bonds. The van der Waals surface area contributed by atoms with Crippen LogP contribution in [0.4, 0.5) is 0 Å². The van der Waals surface area contributed by atoms with Crippen LogP contribution in [0.3, 0.4) is 0 Å². The zero-order valence-corrected chi connectivity index (χ0v) is 10.5. The van der Waals surface area contributed by atoms with E-state index in [9.17, 15) is 0 Å². The van der Waals surface area contributed by atoms with Gasteiger partial charge in [0, 0.05) is 18.5 Å². The van der Waals surface area contributed by atoms with Crippen LogP contribution < -0.4 is 0 Å². The second kappa shape index (κ2) is 6.10. The lowest BCUT2D eigenvalue weighted by atomic mass is 9.97. The van der Waals surface area contributed by atoms with Crippen molar-refractivity contribution in [2.75, 3.05) is 19.0 Å². The fraction of sp³-hybridized carbons (Fsp3) is 1.00. The van der Waals surface area contributed by atoms with Crippen molar-refractivity contribution in [3.63, 3.8) is 0 Å². The number of hydrogen-bond donors (Lipinski definition) is 0. The van der Waals surface area contributed by atoms with Gasteiger partial charge in [0.1, 0.15) is 0 Å². The maximum atomic E-state index is 5.89. The van der Waals surface area contributed by atoms with E-state index in [1.165, 1.54) is 64.5 Å². The summed E-state index contributed by atoms with van der Waals surface area (Å²) in [5.41, 5.74) is 0. The predicted octanol–water partition coefficient (Wildman–Crippen LogP) is 3.66. The van der Waals surface area contributed by atoms with Crippen molar-refractivity contribution in [3.8, 4) is 0 Å². The van der Waals surface area contributed by atoms with Crippen molar-refractivity contribution in [2.45, 2.75) is 57.4 Å². The molecule has 1 unspecified atom stereocenters. The number of alkyl halides is 1. The van der Waals surface area contributed by atoms with Crippen molar-refractivity contribution in [3.05, 3.63) is 0 Å². The first-order valence-corrected chi connectivity index (χ1v) is 7.23. The molecule has 0 spiro atoms. The third-order valence-electron chi connectivity index (χ3n) is 4.16. The monoisotopic (exact) mass is 229 g/mol. The van der Waals surface area contributed by atoms with Crippen LogP contribution in [0.2, 0.25) is 0 Å². The summed E-state index contributed by atoms with van der Waals surface area (Å²) in [5, 5.41) is 0. The lowest BCUT2D eigenvalue weighted by molar-refractivity contribution is 0.123. The van der Waals surface area contributed by atoms with Gasteiger partial charge in [-0.3, -0.25) is 0 Å². The normalized spacial score (nSPS) is 29.8. The standard InChI is InChI=1S/C13H24ClN/c14-9-8-13-7-3-4-10-15(13)11-12-5-1-2-6-12/h12-13H,1-11H2. The maximum Gasteiger partial charge on any atom is 0.0238 e. The van der Waals surface area contributed by atoms with Crippen molar-refractivity contribution < 1.29 is 0 Å². The van der Waals surface area contributed by atoms with Crippen molar-refractivity contribution >= 4 is 11.6 Å². The molecule has 2 heteroatoms. The number of halogens is 1. The van der Waals surface area contributed by atoms with Gasteiger partial charge < -0.3 is 4.90 Å². The largest absolute Gasteiger partial charge is 0.300 e. The number of hydrogen-bond acceptors (Lipinski definition) is 1. The molecule has 1 heterocycles. The van der Waals surface area contributed by atoms with Gasteiger partial charge in [0.15, 0.2) is 0 Å². The quantitative estimate of drug-likeness (QED) is 0.665. The van der Waals surface area contributed by atoms with Gasteiger partial charge in [-0.2, -0.15) is 0 Å². The van der Waals surface area contributed by atoms with E-state index < -0.39 is 0 Å². The highest BCUT2D eigenvalue weighted by Crippen LogP contribution is 2.28. The molecular formula is C13H24ClN. The van der Waals surface area contributed by atoms with E-state index in [0.29, 0.717) is 0 Å². The maximum absolute atomic E-state index is 5.89. The van der Waals surface area contributed by atoms with E-state index in [1.807, 2.05) is 0 Å². The minimum atomic E-state index is 0.803. The second-order valence-electron chi connectivity index (χ2n) is 5.27. The Hall–Kier alpha value is 0.250. The highest BCUT2D eigenvalue weighted by atomic mass is 35.5. The Kier molecular flexibility index (Phi) is 4.77. The smallest absolute Gasteiger partial charge is 0.0238 e. The lowest BCUT2D eigenvalue weighted by Crippen LogP contribution is -2.42. The van der Waals surface area contributed by atoms with E-state index in [-0.39, 0.29) is 0 Å². The summed E-state index contributed by atoms with van der Waals surface area (Å²) in [6.07, 6.45) is 11.3. The first-order chi connectivity index (χ1) is 7.40. The molecular weight excluding hydrogens is 206 g/mol. The fourth-order valence-corrected chi connectivity index (χ4v) is 3.53. The van der Waals surface area contributed by atoms with Crippen LogP contribution in [-0.4, -0.2) is 29.9 Å². The first kappa shape index (κ1) is 11.7. The van der Waals surface area contributed by atoms with Crippen LogP contribution in [0.5, 0.6) is 0 Å². The van der Waals surface area contributed by atoms with Gasteiger partial charge in [0.2, 0.25) is 0 Å². The summed E-state index contributed by atoms with van der Waals surface area (Å²) in [6, 6.07) is 0.803. The number of likely N-dealkylation sites (tertiary alicyclic amines) is 1. The Labute approximate surface area is 99.2 Å². The summed E-state index contributed by atoms with van der Waals surface area (Å²) in [7, 11) is 0. The Bertz CT molecular complexity index is 175. The molecule has 2 aliphatic rings. The summed E-state index contributed by atoms with van der Waals surface area (Å²) in [6.45, 7) is 2.69. The SMILES string of the molecule is ClCCC1CCCCN1CC1CCCC1. The lowest BCUT2D eigenvalue weighted by Gasteiger charge is -2.37. The predicted molar refractivity (Wildman–Crippen MR) is 66.5 cm³/mol. The van der Waals surface area contributed by atoms with Gasteiger partial charge in [-0.05, 0) is 44.6 Å². The van der Waals surface area contributed by atoms with E-state index in [2.05, 4.69) is 4.90 Å². The van der Waals surface area contributed by atoms with Gasteiger partial charge in [-0.1, -0.05) is 19.3 Å². The Morgan fingerprint density at radius 1 is 1.00 bits per heavy atom. The Balaban J connectivity index is 1.80. The highest BCUT2D eigenvalue weighted by molar-refractivity contribution is 6.17. The van der Waals surface area contributed by atoms with Gasteiger partial charge in [-0.25, -0.2) is 0 Å². The average Bonchev–Trinajstić information content (AvgIpc) is 2.74. The van der Waals surface area contributed by atoms with Gasteiger partial charge >= 0.3 is 0 Å². The van der Waals surface area contributed by atoms with Gasteiger partial charge in [-0.15, -0.1) is 11.6 Å². The molecule has 15 heavy (non-hydrogen) atoms. The molecule has 1 aliphatic carbocycles. The molecule has 1 nitrogen and oxygen atoms in total. The molecule has 2 fully saturated rings. The van der Waals surface area contributed by atoms with E-state index >= 15 is 0 Å². The number of nitrogens with zero attached hydrogens (tertiary/aromatic N) is 1. The zero-order chi connectivity index (χ0) is 10.5. The van der Waals surface area contributed by atoms with Crippen molar-refractivity contribution in [1.82, 2.24) is 4.90 Å². The van der Waals surface area contributed by atoms with Crippen LogP contribution >= 0.6 is 11.6 Å². The molecule has 1 aliphatic heterocycles. The molecule has 1 atom stereocenters. The third kappa shape index (κ3) is 3.35. The zero-order valence-electron chi connectivity index (χ0n) is 9.76. The number of rotatable bonds is 4. The molecule has 1 saturated carbocycles. The molecule has 0 bridgehead atoms. The second-order valence-corrected chi connectivity index (χ2v) is 5.65. The summed E-state index contributed by atoms with van der Waals surface area (Å²) in [5.74, 6) is 1.84. The molecule has 88 valence electrons. The fourth-order valence-electron chi connectivity index (χ4n) is 3.28. The molecule has 2 rings (SSSR count). The topological polar surface area (TPSA) is 3.24 Å². The molecule has 0 aromatic rings. The summed E-state index contributed by atoms with van der Waals surface area (Å²) >= 11 is 5.89. The van der Waals surface area contributed by atoms with Gasteiger partial charge in [0.25, 0.3) is 0 Å². The minimum Gasteiger partial charge on any atom is -0.300 e. The van der Waals surface area contributed by atoms with Crippen LogP contribution in [0.1, 0.15) is 51.4 Å². The van der Waals surface area contributed by atoms with Crippen LogP contribution in [0.15, 0.2) is 0 Å². The molecule has 1 saturated heterocycles. The van der Waals surface area contributed by atoms with E-state index in [4.69, 9.17) is 11.6 Å². The summed E-state index contributed by atoms with van der Waals surface area (Å²) in [4.78, 5) is 2.74. The first-order valence-electron chi connectivity index (χ1n) is 6.70. The van der Waals surface area contributed by atoms with Crippen LogP contribution in [-0.2, 0) is 0 Å². The molecule has 0 aromatic heterocycles. The molecule has 0 radical (unpaired) electrons. The third-order valence-corrected chi connectivity index (χ3v) is 4.38. The number of piperidine rings is 1. The molecule has 0 aromatic carbocycles. The minimum absolute atomic E-state index is 0.803.